The standard InChI is InChI=1S/C18H22FNO3S/c1-4-17(15-7-10-18(23-3)13(2)11-15)20-24(21,22)12-14-5-8-16(19)9-6-14/h5-11,17,20H,4,12H2,1-3H3/t17-/m0/s1. The normalized spacial score (nSPS) is 12.8. The summed E-state index contributed by atoms with van der Waals surface area (Å²) in [5.74, 6) is 0.200. The topological polar surface area (TPSA) is 55.4 Å². The summed E-state index contributed by atoms with van der Waals surface area (Å²) in [4.78, 5) is 0. The van der Waals surface area contributed by atoms with Crippen LogP contribution >= 0.6 is 0 Å². The van der Waals surface area contributed by atoms with Crippen molar-refractivity contribution in [2.75, 3.05) is 7.11 Å². The second-order valence-electron chi connectivity index (χ2n) is 5.69. The molecule has 0 saturated carbocycles. The van der Waals surface area contributed by atoms with E-state index in [9.17, 15) is 12.8 Å². The summed E-state index contributed by atoms with van der Waals surface area (Å²) >= 11 is 0. The van der Waals surface area contributed by atoms with Crippen LogP contribution in [0.25, 0.3) is 0 Å². The molecule has 0 aliphatic carbocycles. The molecule has 0 saturated heterocycles. The number of hydrogen-bond donors (Lipinski definition) is 1. The van der Waals surface area contributed by atoms with Gasteiger partial charge in [0.25, 0.3) is 0 Å². The fourth-order valence-corrected chi connectivity index (χ4v) is 4.01. The third-order valence-corrected chi connectivity index (χ3v) is 5.18. The van der Waals surface area contributed by atoms with Gasteiger partial charge in [-0.05, 0) is 48.2 Å². The van der Waals surface area contributed by atoms with Crippen LogP contribution in [0.4, 0.5) is 4.39 Å². The monoisotopic (exact) mass is 351 g/mol. The Balaban J connectivity index is 2.16. The molecule has 4 nitrogen and oxygen atoms in total. The highest BCUT2D eigenvalue weighted by molar-refractivity contribution is 7.88. The number of aryl methyl sites for hydroxylation is 1. The Labute approximate surface area is 142 Å². The van der Waals surface area contributed by atoms with E-state index in [1.54, 1.807) is 7.11 Å². The van der Waals surface area contributed by atoms with Crippen molar-refractivity contribution in [3.63, 3.8) is 0 Å². The molecule has 1 atom stereocenters. The van der Waals surface area contributed by atoms with Crippen LogP contribution in [0.5, 0.6) is 5.75 Å². The Hall–Kier alpha value is -1.92. The van der Waals surface area contributed by atoms with Gasteiger partial charge in [-0.3, -0.25) is 0 Å². The molecule has 2 aromatic rings. The third kappa shape index (κ3) is 4.79. The van der Waals surface area contributed by atoms with Gasteiger partial charge in [0.05, 0.1) is 12.9 Å². The van der Waals surface area contributed by atoms with Crippen LogP contribution in [0.15, 0.2) is 42.5 Å². The van der Waals surface area contributed by atoms with E-state index in [1.165, 1.54) is 24.3 Å². The SMILES string of the molecule is CC[C@H](NS(=O)(=O)Cc1ccc(F)cc1)c1ccc(OC)c(C)c1. The van der Waals surface area contributed by atoms with Crippen LogP contribution in [0, 0.1) is 12.7 Å². The maximum Gasteiger partial charge on any atom is 0.216 e. The fraction of sp³-hybridized carbons (Fsp3) is 0.333. The summed E-state index contributed by atoms with van der Waals surface area (Å²) in [6, 6.07) is 10.8. The van der Waals surface area contributed by atoms with Gasteiger partial charge in [-0.25, -0.2) is 17.5 Å². The highest BCUT2D eigenvalue weighted by Crippen LogP contribution is 2.25. The Kier molecular flexibility index (Phi) is 5.96. The van der Waals surface area contributed by atoms with E-state index in [2.05, 4.69) is 4.72 Å². The number of methoxy groups -OCH3 is 1. The van der Waals surface area contributed by atoms with Gasteiger partial charge in [0.15, 0.2) is 0 Å². The summed E-state index contributed by atoms with van der Waals surface area (Å²) in [6.45, 7) is 3.84. The van der Waals surface area contributed by atoms with Crippen LogP contribution in [0.2, 0.25) is 0 Å². The summed E-state index contributed by atoms with van der Waals surface area (Å²) < 4.78 is 45.7. The molecule has 2 rings (SSSR count). The molecule has 0 radical (unpaired) electrons. The molecule has 0 aliphatic heterocycles. The molecule has 0 heterocycles. The van der Waals surface area contributed by atoms with E-state index in [4.69, 9.17) is 4.74 Å². The maximum atomic E-state index is 12.9. The average Bonchev–Trinajstić information content (AvgIpc) is 2.54. The summed E-state index contributed by atoms with van der Waals surface area (Å²) in [7, 11) is -1.94. The highest BCUT2D eigenvalue weighted by Gasteiger charge is 2.19. The Morgan fingerprint density at radius 3 is 2.38 bits per heavy atom. The van der Waals surface area contributed by atoms with E-state index in [0.717, 1.165) is 16.9 Å². The van der Waals surface area contributed by atoms with E-state index in [1.807, 2.05) is 32.0 Å². The van der Waals surface area contributed by atoms with Crippen molar-refractivity contribution in [2.24, 2.45) is 0 Å². The van der Waals surface area contributed by atoms with Gasteiger partial charge in [-0.15, -0.1) is 0 Å². The summed E-state index contributed by atoms with van der Waals surface area (Å²) in [5.41, 5.74) is 2.38. The van der Waals surface area contributed by atoms with E-state index >= 15 is 0 Å². The van der Waals surface area contributed by atoms with Crippen LogP contribution in [-0.2, 0) is 15.8 Å². The van der Waals surface area contributed by atoms with Crippen molar-refractivity contribution in [2.45, 2.75) is 32.1 Å². The van der Waals surface area contributed by atoms with Crippen LogP contribution < -0.4 is 9.46 Å². The minimum Gasteiger partial charge on any atom is -0.496 e. The first kappa shape index (κ1) is 18.4. The minimum absolute atomic E-state index is 0.182. The molecule has 24 heavy (non-hydrogen) atoms. The number of benzene rings is 2. The quantitative estimate of drug-likeness (QED) is 0.827. The van der Waals surface area contributed by atoms with Crippen molar-refractivity contribution in [3.8, 4) is 5.75 Å². The minimum atomic E-state index is -3.54. The van der Waals surface area contributed by atoms with Crippen LogP contribution in [-0.4, -0.2) is 15.5 Å². The average molecular weight is 351 g/mol. The molecule has 0 bridgehead atoms. The first-order chi connectivity index (χ1) is 11.3. The van der Waals surface area contributed by atoms with Gasteiger partial charge in [-0.1, -0.05) is 31.2 Å². The Bertz CT molecular complexity index is 788. The molecule has 0 spiro atoms. The van der Waals surface area contributed by atoms with Crippen molar-refractivity contribution in [1.29, 1.82) is 0 Å². The molecule has 1 N–H and O–H groups in total. The molecule has 130 valence electrons. The predicted octanol–water partition coefficient (Wildman–Crippen LogP) is 3.71. The maximum absolute atomic E-state index is 12.9. The third-order valence-electron chi connectivity index (χ3n) is 3.82. The van der Waals surface area contributed by atoms with Crippen LogP contribution in [0.3, 0.4) is 0 Å². The van der Waals surface area contributed by atoms with Crippen molar-refractivity contribution >= 4 is 10.0 Å². The van der Waals surface area contributed by atoms with Gasteiger partial charge < -0.3 is 4.74 Å². The molecule has 0 fully saturated rings. The van der Waals surface area contributed by atoms with Gasteiger partial charge in [0.2, 0.25) is 10.0 Å². The molecule has 2 aromatic carbocycles. The van der Waals surface area contributed by atoms with Gasteiger partial charge >= 0.3 is 0 Å². The van der Waals surface area contributed by atoms with E-state index in [-0.39, 0.29) is 17.6 Å². The molecule has 0 unspecified atom stereocenters. The smallest absolute Gasteiger partial charge is 0.216 e. The largest absolute Gasteiger partial charge is 0.496 e. The zero-order valence-electron chi connectivity index (χ0n) is 14.0. The van der Waals surface area contributed by atoms with E-state index < -0.39 is 10.0 Å². The lowest BCUT2D eigenvalue weighted by Crippen LogP contribution is -2.29. The number of hydrogen-bond acceptors (Lipinski definition) is 3. The lowest BCUT2D eigenvalue weighted by Gasteiger charge is -2.19. The lowest BCUT2D eigenvalue weighted by atomic mass is 10.0. The Morgan fingerprint density at radius 1 is 1.17 bits per heavy atom. The zero-order valence-corrected chi connectivity index (χ0v) is 14.9. The molecule has 6 heteroatoms. The number of halogens is 1. The van der Waals surface area contributed by atoms with Crippen LogP contribution in [0.1, 0.15) is 36.1 Å². The van der Waals surface area contributed by atoms with Gasteiger partial charge in [0.1, 0.15) is 11.6 Å². The van der Waals surface area contributed by atoms with Crippen molar-refractivity contribution in [3.05, 3.63) is 65.0 Å². The van der Waals surface area contributed by atoms with E-state index in [0.29, 0.717) is 12.0 Å². The second-order valence-corrected chi connectivity index (χ2v) is 7.45. The molecule has 0 amide bonds. The summed E-state index contributed by atoms with van der Waals surface area (Å²) in [5, 5.41) is 0. The van der Waals surface area contributed by atoms with Gasteiger partial charge in [-0.2, -0.15) is 0 Å². The first-order valence-corrected chi connectivity index (χ1v) is 9.39. The molecule has 0 aromatic heterocycles. The predicted molar refractivity (Wildman–Crippen MR) is 92.9 cm³/mol. The zero-order chi connectivity index (χ0) is 17.7. The fourth-order valence-electron chi connectivity index (χ4n) is 2.56. The van der Waals surface area contributed by atoms with Gasteiger partial charge in [0, 0.05) is 6.04 Å². The molecular weight excluding hydrogens is 329 g/mol. The molecular formula is C18H22FNO3S. The molecule has 0 aliphatic rings. The first-order valence-electron chi connectivity index (χ1n) is 7.73. The highest BCUT2D eigenvalue weighted by atomic mass is 32.2. The second kappa shape index (κ2) is 7.77. The number of ether oxygens (including phenoxy) is 1. The summed E-state index contributed by atoms with van der Waals surface area (Å²) in [6.07, 6.45) is 0.619. The number of sulfonamides is 1. The Morgan fingerprint density at radius 2 is 1.83 bits per heavy atom. The van der Waals surface area contributed by atoms with Crippen molar-refractivity contribution < 1.29 is 17.5 Å². The number of rotatable bonds is 7. The number of nitrogens with one attached hydrogen (secondary N) is 1. The van der Waals surface area contributed by atoms with Crippen molar-refractivity contribution in [1.82, 2.24) is 4.72 Å². The lowest BCUT2D eigenvalue weighted by molar-refractivity contribution is 0.411.